The van der Waals surface area contributed by atoms with Gasteiger partial charge in [0, 0.05) is 17.8 Å². The fourth-order valence-electron chi connectivity index (χ4n) is 2.54. The van der Waals surface area contributed by atoms with Gasteiger partial charge >= 0.3 is 0 Å². The van der Waals surface area contributed by atoms with Crippen molar-refractivity contribution in [3.63, 3.8) is 0 Å². The molecule has 3 rings (SSSR count). The van der Waals surface area contributed by atoms with Crippen LogP contribution in [0.4, 0.5) is 5.69 Å². The summed E-state index contributed by atoms with van der Waals surface area (Å²) in [5.41, 5.74) is 1.82. The number of hydrogen-bond donors (Lipinski definition) is 2. The van der Waals surface area contributed by atoms with Gasteiger partial charge in [-0.05, 0) is 54.1 Å². The van der Waals surface area contributed by atoms with Gasteiger partial charge in [-0.25, -0.2) is 8.42 Å². The molecule has 0 bridgehead atoms. The Morgan fingerprint density at radius 1 is 0.893 bits per heavy atom. The molecule has 3 aromatic carbocycles. The SMILES string of the molecule is COc1ccc(S(=O)(=O)Nc2ccc(C(=O)NCc3ccccc3)cc2)cc1. The number of methoxy groups -OCH3 is 1. The zero-order valence-corrected chi connectivity index (χ0v) is 16.1. The second kappa shape index (κ2) is 8.58. The number of benzene rings is 3. The lowest BCUT2D eigenvalue weighted by Gasteiger charge is -2.10. The van der Waals surface area contributed by atoms with Crippen LogP contribution in [0.3, 0.4) is 0 Å². The number of anilines is 1. The van der Waals surface area contributed by atoms with Gasteiger partial charge in [0.25, 0.3) is 15.9 Å². The molecule has 28 heavy (non-hydrogen) atoms. The molecule has 0 aliphatic carbocycles. The highest BCUT2D eigenvalue weighted by Crippen LogP contribution is 2.19. The van der Waals surface area contributed by atoms with Gasteiger partial charge in [-0.15, -0.1) is 0 Å². The van der Waals surface area contributed by atoms with Crippen molar-refractivity contribution in [1.29, 1.82) is 0 Å². The maximum Gasteiger partial charge on any atom is 0.261 e. The molecule has 0 heterocycles. The first-order chi connectivity index (χ1) is 13.5. The number of ether oxygens (including phenoxy) is 1. The standard InChI is InChI=1S/C21H20N2O4S/c1-27-19-11-13-20(14-12-19)28(25,26)23-18-9-7-17(8-10-18)21(24)22-15-16-5-3-2-4-6-16/h2-14,23H,15H2,1H3,(H,22,24). The van der Waals surface area contributed by atoms with Crippen LogP contribution in [-0.2, 0) is 16.6 Å². The molecule has 0 atom stereocenters. The van der Waals surface area contributed by atoms with Crippen molar-refractivity contribution >= 4 is 21.6 Å². The number of carbonyl (C=O) groups excluding carboxylic acids is 1. The molecule has 0 saturated carbocycles. The molecule has 2 N–H and O–H groups in total. The van der Waals surface area contributed by atoms with E-state index in [1.165, 1.54) is 19.2 Å². The zero-order valence-electron chi connectivity index (χ0n) is 15.3. The Kier molecular flexibility index (Phi) is 5.96. The first-order valence-electron chi connectivity index (χ1n) is 8.57. The summed E-state index contributed by atoms with van der Waals surface area (Å²) in [4.78, 5) is 12.4. The van der Waals surface area contributed by atoms with E-state index in [-0.39, 0.29) is 10.8 Å². The predicted octanol–water partition coefficient (Wildman–Crippen LogP) is 3.43. The molecule has 0 unspecified atom stereocenters. The van der Waals surface area contributed by atoms with Crippen LogP contribution >= 0.6 is 0 Å². The van der Waals surface area contributed by atoms with E-state index in [0.717, 1.165) is 5.56 Å². The first kappa shape index (κ1) is 19.4. The van der Waals surface area contributed by atoms with Crippen LogP contribution in [-0.4, -0.2) is 21.4 Å². The average Bonchev–Trinajstić information content (AvgIpc) is 2.73. The number of carbonyl (C=O) groups is 1. The van der Waals surface area contributed by atoms with E-state index >= 15 is 0 Å². The Bertz CT molecular complexity index is 1030. The van der Waals surface area contributed by atoms with Gasteiger partial charge in [-0.3, -0.25) is 9.52 Å². The van der Waals surface area contributed by atoms with Crippen LogP contribution in [0.2, 0.25) is 0 Å². The lowest BCUT2D eigenvalue weighted by molar-refractivity contribution is 0.0951. The summed E-state index contributed by atoms with van der Waals surface area (Å²) in [6, 6.07) is 21.9. The largest absolute Gasteiger partial charge is 0.497 e. The summed E-state index contributed by atoms with van der Waals surface area (Å²) in [6.45, 7) is 0.422. The van der Waals surface area contributed by atoms with E-state index in [0.29, 0.717) is 23.5 Å². The van der Waals surface area contributed by atoms with Gasteiger partial charge in [-0.1, -0.05) is 30.3 Å². The van der Waals surface area contributed by atoms with Gasteiger partial charge in [0.15, 0.2) is 0 Å². The third kappa shape index (κ3) is 4.89. The topological polar surface area (TPSA) is 84.5 Å². The number of hydrogen-bond acceptors (Lipinski definition) is 4. The number of rotatable bonds is 7. The van der Waals surface area contributed by atoms with E-state index < -0.39 is 10.0 Å². The van der Waals surface area contributed by atoms with E-state index in [4.69, 9.17) is 4.74 Å². The molecule has 0 aliphatic heterocycles. The summed E-state index contributed by atoms with van der Waals surface area (Å²) >= 11 is 0. The molecule has 144 valence electrons. The van der Waals surface area contributed by atoms with Crippen molar-refractivity contribution < 1.29 is 17.9 Å². The van der Waals surface area contributed by atoms with Crippen molar-refractivity contribution in [2.45, 2.75) is 11.4 Å². The molecule has 0 fully saturated rings. The van der Waals surface area contributed by atoms with Crippen LogP contribution in [0, 0.1) is 0 Å². The minimum Gasteiger partial charge on any atom is -0.497 e. The quantitative estimate of drug-likeness (QED) is 0.641. The summed E-state index contributed by atoms with van der Waals surface area (Å²) < 4.78 is 32.4. The van der Waals surface area contributed by atoms with Crippen molar-refractivity contribution in [1.82, 2.24) is 5.32 Å². The molecule has 6 nitrogen and oxygen atoms in total. The summed E-state index contributed by atoms with van der Waals surface area (Å²) in [6.07, 6.45) is 0. The monoisotopic (exact) mass is 396 g/mol. The molecular weight excluding hydrogens is 376 g/mol. The van der Waals surface area contributed by atoms with Crippen molar-refractivity contribution in [2.24, 2.45) is 0 Å². The number of nitrogens with one attached hydrogen (secondary N) is 2. The molecule has 0 aromatic heterocycles. The van der Waals surface area contributed by atoms with E-state index in [1.807, 2.05) is 30.3 Å². The van der Waals surface area contributed by atoms with Crippen molar-refractivity contribution in [3.05, 3.63) is 90.0 Å². The summed E-state index contributed by atoms with van der Waals surface area (Å²) in [5, 5.41) is 2.83. The van der Waals surface area contributed by atoms with Gasteiger partial charge in [-0.2, -0.15) is 0 Å². The first-order valence-corrected chi connectivity index (χ1v) is 10.1. The summed E-state index contributed by atoms with van der Waals surface area (Å²) in [7, 11) is -2.21. The molecule has 0 spiro atoms. The number of amides is 1. The molecule has 1 amide bonds. The fraction of sp³-hybridized carbons (Fsp3) is 0.0952. The van der Waals surface area contributed by atoms with Gasteiger partial charge < -0.3 is 10.1 Å². The Hall–Kier alpha value is -3.32. The van der Waals surface area contributed by atoms with Gasteiger partial charge in [0.2, 0.25) is 0 Å². The van der Waals surface area contributed by atoms with E-state index in [1.54, 1.807) is 36.4 Å². The maximum absolute atomic E-state index is 12.4. The Balaban J connectivity index is 1.63. The van der Waals surface area contributed by atoms with Crippen LogP contribution < -0.4 is 14.8 Å². The second-order valence-electron chi connectivity index (χ2n) is 6.03. The third-order valence-corrected chi connectivity index (χ3v) is 5.46. The molecule has 0 radical (unpaired) electrons. The highest BCUT2D eigenvalue weighted by atomic mass is 32.2. The third-order valence-electron chi connectivity index (χ3n) is 4.06. The van der Waals surface area contributed by atoms with Gasteiger partial charge in [0.05, 0.1) is 12.0 Å². The van der Waals surface area contributed by atoms with Crippen molar-refractivity contribution in [3.8, 4) is 5.75 Å². The van der Waals surface area contributed by atoms with E-state index in [9.17, 15) is 13.2 Å². The van der Waals surface area contributed by atoms with E-state index in [2.05, 4.69) is 10.0 Å². The molecular formula is C21H20N2O4S. The highest BCUT2D eigenvalue weighted by molar-refractivity contribution is 7.92. The Labute approximate surface area is 164 Å². The molecule has 0 aliphatic rings. The fourth-order valence-corrected chi connectivity index (χ4v) is 3.60. The molecule has 7 heteroatoms. The van der Waals surface area contributed by atoms with Crippen LogP contribution in [0.5, 0.6) is 5.75 Å². The minimum atomic E-state index is -3.72. The Morgan fingerprint density at radius 3 is 2.14 bits per heavy atom. The van der Waals surface area contributed by atoms with Crippen molar-refractivity contribution in [2.75, 3.05) is 11.8 Å². The van der Waals surface area contributed by atoms with Crippen LogP contribution in [0.15, 0.2) is 83.8 Å². The van der Waals surface area contributed by atoms with Crippen LogP contribution in [0.1, 0.15) is 15.9 Å². The second-order valence-corrected chi connectivity index (χ2v) is 7.71. The van der Waals surface area contributed by atoms with Crippen LogP contribution in [0.25, 0.3) is 0 Å². The Morgan fingerprint density at radius 2 is 1.54 bits per heavy atom. The normalized spacial score (nSPS) is 10.9. The summed E-state index contributed by atoms with van der Waals surface area (Å²) in [5.74, 6) is 0.346. The zero-order chi connectivity index (χ0) is 20.0. The lowest BCUT2D eigenvalue weighted by Crippen LogP contribution is -2.22. The predicted molar refractivity (Wildman–Crippen MR) is 108 cm³/mol. The average molecular weight is 396 g/mol. The highest BCUT2D eigenvalue weighted by Gasteiger charge is 2.14. The molecule has 0 saturated heterocycles. The smallest absolute Gasteiger partial charge is 0.261 e. The van der Waals surface area contributed by atoms with Gasteiger partial charge in [0.1, 0.15) is 5.75 Å². The lowest BCUT2D eigenvalue weighted by atomic mass is 10.2. The minimum absolute atomic E-state index is 0.123. The number of sulfonamides is 1. The maximum atomic E-state index is 12.4. The molecule has 3 aromatic rings.